The fourth-order valence-corrected chi connectivity index (χ4v) is 3.88. The topological polar surface area (TPSA) is 87.7 Å². The van der Waals surface area contributed by atoms with Crippen LogP contribution >= 0.6 is 0 Å². The molecule has 0 aliphatic heterocycles. The summed E-state index contributed by atoms with van der Waals surface area (Å²) in [6.07, 6.45) is -3.87. The fourth-order valence-electron chi connectivity index (χ4n) is 3.88. The van der Waals surface area contributed by atoms with Crippen molar-refractivity contribution in [1.82, 2.24) is 19.6 Å². The lowest BCUT2D eigenvalue weighted by molar-refractivity contribution is -0.142. The van der Waals surface area contributed by atoms with E-state index in [-0.39, 0.29) is 24.8 Å². The summed E-state index contributed by atoms with van der Waals surface area (Å²) in [4.78, 5) is 0. The van der Waals surface area contributed by atoms with Gasteiger partial charge in [-0.2, -0.15) is 36.5 Å². The molecular weight excluding hydrogens is 481 g/mol. The Bertz CT molecular complexity index is 1090. The lowest BCUT2D eigenvalue weighted by atomic mass is 9.95. The minimum absolute atomic E-state index is 0.0819. The van der Waals surface area contributed by atoms with E-state index >= 15 is 0 Å². The van der Waals surface area contributed by atoms with Crippen LogP contribution in [0.1, 0.15) is 60.9 Å². The molecule has 2 aromatic heterocycles. The first kappa shape index (κ1) is 26.7. The van der Waals surface area contributed by atoms with Gasteiger partial charge < -0.3 is 11.5 Å². The molecule has 4 N–H and O–H groups in total. The number of alkyl halides is 6. The smallest absolute Gasteiger partial charge is 0.325 e. The van der Waals surface area contributed by atoms with E-state index < -0.39 is 29.6 Å². The molecule has 2 heterocycles. The second kappa shape index (κ2) is 10.8. The van der Waals surface area contributed by atoms with Crippen molar-refractivity contribution < 1.29 is 30.7 Å². The highest BCUT2D eigenvalue weighted by molar-refractivity contribution is 5.34. The summed E-state index contributed by atoms with van der Waals surface area (Å²) in [5.41, 5.74) is 10.0. The second-order valence-electron chi connectivity index (χ2n) is 8.07. The van der Waals surface area contributed by atoms with E-state index in [0.29, 0.717) is 11.4 Å². The van der Waals surface area contributed by atoms with Crippen molar-refractivity contribution in [1.29, 1.82) is 0 Å². The van der Waals surface area contributed by atoms with Crippen LogP contribution in [0.2, 0.25) is 0 Å². The zero-order valence-corrected chi connectivity index (χ0v) is 18.6. The summed E-state index contributed by atoms with van der Waals surface area (Å²) >= 11 is 0. The van der Waals surface area contributed by atoms with Gasteiger partial charge >= 0.3 is 12.4 Å². The molecule has 3 aromatic rings. The SMILES string of the molecule is NCc1cc(C(F)(F)F)nn1-c1ccc(F)cc1.NCc1cc(C(F)(F)F)nn1C1CCCCC1. The Morgan fingerprint density at radius 2 is 1.29 bits per heavy atom. The van der Waals surface area contributed by atoms with Gasteiger partial charge in [-0.05, 0) is 49.2 Å². The first-order valence-electron chi connectivity index (χ1n) is 10.9. The molecule has 0 saturated heterocycles. The van der Waals surface area contributed by atoms with Gasteiger partial charge in [0.05, 0.1) is 23.1 Å². The first-order valence-corrected chi connectivity index (χ1v) is 10.9. The molecule has 4 rings (SSSR count). The van der Waals surface area contributed by atoms with E-state index in [2.05, 4.69) is 10.2 Å². The molecule has 1 saturated carbocycles. The molecule has 0 unspecified atom stereocenters. The number of nitrogens with two attached hydrogens (primary N) is 2. The van der Waals surface area contributed by atoms with Crippen LogP contribution in [0.4, 0.5) is 30.7 Å². The maximum absolute atomic E-state index is 12.7. The largest absolute Gasteiger partial charge is 0.435 e. The van der Waals surface area contributed by atoms with Gasteiger partial charge in [0.1, 0.15) is 5.82 Å². The van der Waals surface area contributed by atoms with Gasteiger partial charge in [-0.15, -0.1) is 0 Å². The molecular formula is C22H25F7N6. The molecule has 13 heteroatoms. The lowest BCUT2D eigenvalue weighted by Crippen LogP contribution is -2.18. The maximum Gasteiger partial charge on any atom is 0.435 e. The van der Waals surface area contributed by atoms with Crippen LogP contribution in [-0.4, -0.2) is 19.6 Å². The number of rotatable bonds is 4. The minimum atomic E-state index is -4.53. The third kappa shape index (κ3) is 6.60. The van der Waals surface area contributed by atoms with Crippen molar-refractivity contribution >= 4 is 0 Å². The maximum atomic E-state index is 12.7. The van der Waals surface area contributed by atoms with Crippen molar-refractivity contribution in [2.45, 2.75) is 63.6 Å². The Kier molecular flexibility index (Phi) is 8.21. The Labute approximate surface area is 196 Å². The molecule has 0 amide bonds. The molecule has 1 aliphatic carbocycles. The standard InChI is InChI=1S/C11H9F4N3.C11H16F3N3/c12-7-1-3-8(4-2-7)18-9(6-16)5-10(17-18)11(13,14)15;12-11(13,14)10-6-9(7-15)17(16-10)8-4-2-1-3-5-8/h1-5H,6,16H2;6,8H,1-5,7,15H2. The van der Waals surface area contributed by atoms with Gasteiger partial charge in [0.2, 0.25) is 0 Å². The van der Waals surface area contributed by atoms with E-state index in [1.807, 2.05) is 0 Å². The summed E-state index contributed by atoms with van der Waals surface area (Å²) in [7, 11) is 0. The van der Waals surface area contributed by atoms with Gasteiger partial charge in [-0.3, -0.25) is 4.68 Å². The highest BCUT2D eigenvalue weighted by Crippen LogP contribution is 2.33. The Morgan fingerprint density at radius 3 is 1.80 bits per heavy atom. The number of hydrogen-bond acceptors (Lipinski definition) is 4. The van der Waals surface area contributed by atoms with Crippen molar-refractivity contribution in [2.24, 2.45) is 11.5 Å². The number of benzene rings is 1. The third-order valence-corrected chi connectivity index (χ3v) is 5.59. The average molecular weight is 506 g/mol. The molecule has 1 aromatic carbocycles. The summed E-state index contributed by atoms with van der Waals surface area (Å²) in [5, 5.41) is 7.13. The predicted octanol–water partition coefficient (Wildman–Crippen LogP) is 5.35. The van der Waals surface area contributed by atoms with E-state index in [9.17, 15) is 30.7 Å². The van der Waals surface area contributed by atoms with Gasteiger partial charge in [-0.1, -0.05) is 19.3 Å². The van der Waals surface area contributed by atoms with E-state index in [4.69, 9.17) is 11.5 Å². The van der Waals surface area contributed by atoms with Gasteiger partial charge in [-0.25, -0.2) is 9.07 Å². The molecule has 0 bridgehead atoms. The van der Waals surface area contributed by atoms with E-state index in [0.717, 1.165) is 61.1 Å². The molecule has 1 fully saturated rings. The Hall–Kier alpha value is -2.93. The monoisotopic (exact) mass is 506 g/mol. The minimum Gasteiger partial charge on any atom is -0.325 e. The number of aromatic nitrogens is 4. The van der Waals surface area contributed by atoms with Crippen molar-refractivity contribution in [2.75, 3.05) is 0 Å². The molecule has 6 nitrogen and oxygen atoms in total. The van der Waals surface area contributed by atoms with Crippen LogP contribution in [0.3, 0.4) is 0 Å². The van der Waals surface area contributed by atoms with Crippen LogP contribution in [-0.2, 0) is 25.4 Å². The average Bonchev–Trinajstić information content (AvgIpc) is 3.45. The Morgan fingerprint density at radius 1 is 0.771 bits per heavy atom. The van der Waals surface area contributed by atoms with E-state index in [1.54, 1.807) is 0 Å². The first-order chi connectivity index (χ1) is 16.4. The molecule has 1 aliphatic rings. The van der Waals surface area contributed by atoms with E-state index in [1.165, 1.54) is 16.8 Å². The van der Waals surface area contributed by atoms with Crippen LogP contribution in [0.25, 0.3) is 5.69 Å². The predicted molar refractivity (Wildman–Crippen MR) is 114 cm³/mol. The molecule has 192 valence electrons. The molecule has 0 atom stereocenters. The summed E-state index contributed by atoms with van der Waals surface area (Å²) in [6, 6.07) is 6.98. The normalized spacial score (nSPS) is 15.1. The number of hydrogen-bond donors (Lipinski definition) is 2. The van der Waals surface area contributed by atoms with Crippen molar-refractivity contribution in [3.05, 3.63) is 65.0 Å². The van der Waals surface area contributed by atoms with Crippen LogP contribution in [0.15, 0.2) is 36.4 Å². The zero-order chi connectivity index (χ0) is 25.8. The molecule has 35 heavy (non-hydrogen) atoms. The quantitative estimate of drug-likeness (QED) is 0.467. The zero-order valence-electron chi connectivity index (χ0n) is 18.6. The lowest BCUT2D eigenvalue weighted by Gasteiger charge is -2.23. The summed E-state index contributed by atoms with van der Waals surface area (Å²) in [6.45, 7) is 0.0000361. The number of nitrogens with zero attached hydrogens (tertiary/aromatic N) is 4. The van der Waals surface area contributed by atoms with Crippen molar-refractivity contribution in [3.8, 4) is 5.69 Å². The highest BCUT2D eigenvalue weighted by atomic mass is 19.4. The molecule has 0 spiro atoms. The van der Waals surface area contributed by atoms with Crippen LogP contribution in [0.5, 0.6) is 0 Å². The Balaban J connectivity index is 0.000000196. The van der Waals surface area contributed by atoms with Gasteiger partial charge in [0.25, 0.3) is 0 Å². The van der Waals surface area contributed by atoms with Crippen LogP contribution in [0, 0.1) is 5.82 Å². The second-order valence-corrected chi connectivity index (χ2v) is 8.07. The fraction of sp³-hybridized carbons (Fsp3) is 0.455. The summed E-state index contributed by atoms with van der Waals surface area (Å²) < 4.78 is 90.6. The van der Waals surface area contributed by atoms with Crippen molar-refractivity contribution in [3.63, 3.8) is 0 Å². The summed E-state index contributed by atoms with van der Waals surface area (Å²) in [5.74, 6) is -0.476. The van der Waals surface area contributed by atoms with Gasteiger partial charge in [0.15, 0.2) is 11.4 Å². The third-order valence-electron chi connectivity index (χ3n) is 5.59. The molecule has 0 radical (unpaired) electrons. The van der Waals surface area contributed by atoms with Crippen LogP contribution < -0.4 is 11.5 Å². The highest BCUT2D eigenvalue weighted by Gasteiger charge is 2.36. The number of halogens is 7. The van der Waals surface area contributed by atoms with Gasteiger partial charge in [0, 0.05) is 13.1 Å².